The van der Waals surface area contributed by atoms with Crippen LogP contribution in [0, 0.1) is 5.92 Å². The van der Waals surface area contributed by atoms with Crippen LogP contribution >= 0.6 is 0 Å². The topological polar surface area (TPSA) is 50.4 Å². The van der Waals surface area contributed by atoms with Gasteiger partial charge in [-0.1, -0.05) is 48.9 Å². The minimum Gasteiger partial charge on any atom is -0.460 e. The minimum absolute atomic E-state index is 0.0889. The van der Waals surface area contributed by atoms with Gasteiger partial charge in [0.05, 0.1) is 0 Å². The molecule has 1 aromatic carbocycles. The molecule has 0 saturated heterocycles. The summed E-state index contributed by atoms with van der Waals surface area (Å²) in [5, 5.41) is 7.59. The van der Waals surface area contributed by atoms with Gasteiger partial charge < -0.3 is 15.4 Å². The van der Waals surface area contributed by atoms with Gasteiger partial charge in [0.25, 0.3) is 0 Å². The summed E-state index contributed by atoms with van der Waals surface area (Å²) >= 11 is 0. The Kier molecular flexibility index (Phi) is 8.74. The van der Waals surface area contributed by atoms with Crippen LogP contribution in [-0.2, 0) is 9.53 Å². The lowest BCUT2D eigenvalue weighted by Gasteiger charge is -2.30. The molecular formula is C27H42N2O2. The molecule has 2 atom stereocenters. The first kappa shape index (κ1) is 24.0. The van der Waals surface area contributed by atoms with E-state index in [0.29, 0.717) is 30.5 Å². The summed E-state index contributed by atoms with van der Waals surface area (Å²) in [5.74, 6) is 0.628. The van der Waals surface area contributed by atoms with Gasteiger partial charge in [-0.3, -0.25) is 4.79 Å². The second kappa shape index (κ2) is 11.3. The summed E-state index contributed by atoms with van der Waals surface area (Å²) in [7, 11) is 0. The van der Waals surface area contributed by atoms with Crippen LogP contribution in [0.25, 0.3) is 6.08 Å². The van der Waals surface area contributed by atoms with Crippen molar-refractivity contribution in [3.05, 3.63) is 41.5 Å². The number of carbonyl (C=O) groups excluding carboxylic acids is 1. The van der Waals surface area contributed by atoms with Crippen LogP contribution in [-0.4, -0.2) is 36.2 Å². The zero-order valence-corrected chi connectivity index (χ0v) is 20.0. The van der Waals surface area contributed by atoms with Crippen LogP contribution < -0.4 is 10.6 Å². The maximum Gasteiger partial charge on any atom is 0.306 e. The van der Waals surface area contributed by atoms with Gasteiger partial charge in [-0.2, -0.15) is 0 Å². The Bertz CT molecular complexity index is 715. The Morgan fingerprint density at radius 3 is 2.42 bits per heavy atom. The molecule has 2 aliphatic carbocycles. The maximum absolute atomic E-state index is 11.8. The molecule has 0 unspecified atom stereocenters. The normalized spacial score (nSPS) is 26.5. The Balaban J connectivity index is 1.30. The number of rotatable bonds is 10. The molecule has 2 saturated carbocycles. The molecule has 0 bridgehead atoms. The Hall–Kier alpha value is -1.65. The molecule has 172 valence electrons. The van der Waals surface area contributed by atoms with Crippen molar-refractivity contribution in [2.45, 2.75) is 103 Å². The average molecular weight is 427 g/mol. The zero-order valence-electron chi connectivity index (χ0n) is 20.0. The van der Waals surface area contributed by atoms with Crippen LogP contribution in [0.3, 0.4) is 0 Å². The number of esters is 1. The van der Waals surface area contributed by atoms with Crippen molar-refractivity contribution in [3.8, 4) is 0 Å². The molecular weight excluding hydrogens is 384 g/mol. The highest BCUT2D eigenvalue weighted by Crippen LogP contribution is 2.40. The predicted molar refractivity (Wildman–Crippen MR) is 129 cm³/mol. The Labute approximate surface area is 189 Å². The third kappa shape index (κ3) is 8.42. The van der Waals surface area contributed by atoms with Crippen molar-refractivity contribution in [3.63, 3.8) is 0 Å². The molecule has 0 heterocycles. The van der Waals surface area contributed by atoms with Gasteiger partial charge in [0.1, 0.15) is 5.60 Å². The quantitative estimate of drug-likeness (QED) is 0.384. The monoisotopic (exact) mass is 426 g/mol. The summed E-state index contributed by atoms with van der Waals surface area (Å²) in [4.78, 5) is 11.8. The van der Waals surface area contributed by atoms with Crippen molar-refractivity contribution < 1.29 is 9.53 Å². The van der Waals surface area contributed by atoms with Crippen molar-refractivity contribution in [2.24, 2.45) is 5.92 Å². The number of hydrogen-bond donors (Lipinski definition) is 2. The smallest absolute Gasteiger partial charge is 0.306 e. The summed E-state index contributed by atoms with van der Waals surface area (Å²) in [6.45, 7) is 8.94. The van der Waals surface area contributed by atoms with Gasteiger partial charge >= 0.3 is 5.97 Å². The van der Waals surface area contributed by atoms with E-state index in [2.05, 4.69) is 54.0 Å². The molecule has 31 heavy (non-hydrogen) atoms. The summed E-state index contributed by atoms with van der Waals surface area (Å²) in [6.07, 6.45) is 11.1. The first-order valence-corrected chi connectivity index (χ1v) is 12.3. The van der Waals surface area contributed by atoms with Crippen molar-refractivity contribution in [2.75, 3.05) is 6.54 Å². The lowest BCUT2D eigenvalue weighted by molar-refractivity contribution is -0.154. The number of ether oxygens (including phenoxy) is 1. The summed E-state index contributed by atoms with van der Waals surface area (Å²) in [6, 6.07) is 12.6. The first-order chi connectivity index (χ1) is 14.8. The van der Waals surface area contributed by atoms with Gasteiger partial charge in [-0.05, 0) is 83.7 Å². The van der Waals surface area contributed by atoms with E-state index in [1.165, 1.54) is 37.7 Å². The molecule has 0 radical (unpaired) electrons. The molecule has 1 aromatic rings. The molecule has 0 amide bonds. The summed E-state index contributed by atoms with van der Waals surface area (Å²) < 4.78 is 5.37. The molecule has 3 rings (SSSR count). The number of nitrogens with one attached hydrogen (secondary N) is 2. The molecule has 0 aliphatic heterocycles. The molecule has 2 fully saturated rings. The SMILES string of the molecule is CCC(=Cc1ccccc1)[C@@H]1C[C@H]1NC1CCC(NCCCC(=O)OC(C)(C)C)CC1. The molecule has 4 heteroatoms. The van der Waals surface area contributed by atoms with Gasteiger partial charge in [0, 0.05) is 24.5 Å². The summed E-state index contributed by atoms with van der Waals surface area (Å²) in [5.41, 5.74) is 2.53. The largest absolute Gasteiger partial charge is 0.460 e. The van der Waals surface area contributed by atoms with Crippen LogP contribution in [0.2, 0.25) is 0 Å². The highest BCUT2D eigenvalue weighted by Gasteiger charge is 2.40. The van der Waals surface area contributed by atoms with Gasteiger partial charge in [0.2, 0.25) is 0 Å². The van der Waals surface area contributed by atoms with E-state index in [4.69, 9.17) is 4.74 Å². The maximum atomic E-state index is 11.8. The van der Waals surface area contributed by atoms with Gasteiger partial charge in [-0.25, -0.2) is 0 Å². The fourth-order valence-corrected chi connectivity index (χ4v) is 4.72. The lowest BCUT2D eigenvalue weighted by Crippen LogP contribution is -2.41. The average Bonchev–Trinajstić information content (AvgIpc) is 3.49. The van der Waals surface area contributed by atoms with Crippen LogP contribution in [0.5, 0.6) is 0 Å². The fourth-order valence-electron chi connectivity index (χ4n) is 4.72. The second-order valence-corrected chi connectivity index (χ2v) is 10.3. The Morgan fingerprint density at radius 1 is 1.10 bits per heavy atom. The highest BCUT2D eigenvalue weighted by molar-refractivity contribution is 5.69. The van der Waals surface area contributed by atoms with Crippen LogP contribution in [0.15, 0.2) is 35.9 Å². The Morgan fingerprint density at radius 2 is 1.77 bits per heavy atom. The first-order valence-electron chi connectivity index (χ1n) is 12.3. The number of hydrogen-bond acceptors (Lipinski definition) is 4. The highest BCUT2D eigenvalue weighted by atomic mass is 16.6. The van der Waals surface area contributed by atoms with E-state index >= 15 is 0 Å². The van der Waals surface area contributed by atoms with Crippen molar-refractivity contribution in [1.82, 2.24) is 10.6 Å². The lowest BCUT2D eigenvalue weighted by atomic mass is 9.91. The molecule has 2 aliphatic rings. The predicted octanol–water partition coefficient (Wildman–Crippen LogP) is 5.48. The fraction of sp³-hybridized carbons (Fsp3) is 0.667. The number of benzene rings is 1. The number of carbonyl (C=O) groups is 1. The van der Waals surface area contributed by atoms with Crippen LogP contribution in [0.1, 0.15) is 84.6 Å². The van der Waals surface area contributed by atoms with Gasteiger partial charge in [-0.15, -0.1) is 0 Å². The van der Waals surface area contributed by atoms with Gasteiger partial charge in [0.15, 0.2) is 0 Å². The zero-order chi connectivity index (χ0) is 22.3. The van der Waals surface area contributed by atoms with E-state index in [1.807, 2.05) is 20.8 Å². The third-order valence-electron chi connectivity index (χ3n) is 6.41. The molecule has 0 aromatic heterocycles. The van der Waals surface area contributed by atoms with E-state index in [9.17, 15) is 4.79 Å². The minimum atomic E-state index is -0.383. The molecule has 4 nitrogen and oxygen atoms in total. The molecule has 0 spiro atoms. The van der Waals surface area contributed by atoms with Crippen molar-refractivity contribution in [1.29, 1.82) is 0 Å². The van der Waals surface area contributed by atoms with E-state index in [-0.39, 0.29) is 11.6 Å². The van der Waals surface area contributed by atoms with E-state index in [0.717, 1.165) is 19.4 Å². The standard InChI is InChI=1S/C27H42N2O2/c1-5-21(18-20-10-7-6-8-11-20)24-19-25(24)29-23-15-13-22(14-16-23)28-17-9-12-26(30)31-27(2,3)4/h6-8,10-11,18,22-25,28-29H,5,9,12-17,19H2,1-4H3/t22?,23?,24-,25+/m0/s1. The van der Waals surface area contributed by atoms with E-state index in [1.54, 1.807) is 5.57 Å². The third-order valence-corrected chi connectivity index (χ3v) is 6.41. The second-order valence-electron chi connectivity index (χ2n) is 10.3. The molecule has 2 N–H and O–H groups in total. The van der Waals surface area contributed by atoms with E-state index < -0.39 is 0 Å². The van der Waals surface area contributed by atoms with Crippen LogP contribution in [0.4, 0.5) is 0 Å². The van der Waals surface area contributed by atoms with Crippen molar-refractivity contribution >= 4 is 12.0 Å².